The Labute approximate surface area is 103 Å². The third-order valence-corrected chi connectivity index (χ3v) is 4.22. The van der Waals surface area contributed by atoms with Gasteiger partial charge in [0.05, 0.1) is 0 Å². The standard InChI is InChI=1S/C12H24N2OS/c1-10(9-16-3)8-14-11(15)12(2)4-6-13-7-5-12/h10,13H,4-9H2,1-3H3,(H,14,15). The third-order valence-electron chi connectivity index (χ3n) is 3.32. The summed E-state index contributed by atoms with van der Waals surface area (Å²) in [5, 5.41) is 6.39. The van der Waals surface area contributed by atoms with Crippen molar-refractivity contribution in [3.63, 3.8) is 0 Å². The number of amides is 1. The zero-order valence-corrected chi connectivity index (χ0v) is 11.5. The highest BCUT2D eigenvalue weighted by atomic mass is 32.2. The quantitative estimate of drug-likeness (QED) is 0.770. The summed E-state index contributed by atoms with van der Waals surface area (Å²) in [6.45, 7) is 7.00. The first-order valence-corrected chi connectivity index (χ1v) is 7.46. The lowest BCUT2D eigenvalue weighted by Gasteiger charge is -2.32. The maximum atomic E-state index is 12.1. The Morgan fingerprint density at radius 3 is 2.69 bits per heavy atom. The molecule has 0 saturated carbocycles. The van der Waals surface area contributed by atoms with E-state index in [1.807, 2.05) is 11.8 Å². The molecule has 1 unspecified atom stereocenters. The van der Waals surface area contributed by atoms with Crippen LogP contribution in [0.1, 0.15) is 26.7 Å². The maximum Gasteiger partial charge on any atom is 0.226 e. The molecule has 94 valence electrons. The van der Waals surface area contributed by atoms with E-state index in [1.54, 1.807) is 0 Å². The largest absolute Gasteiger partial charge is 0.355 e. The molecule has 1 aliphatic heterocycles. The second-order valence-corrected chi connectivity index (χ2v) is 5.99. The highest BCUT2D eigenvalue weighted by molar-refractivity contribution is 7.98. The van der Waals surface area contributed by atoms with Gasteiger partial charge in [-0.15, -0.1) is 0 Å². The molecular weight excluding hydrogens is 220 g/mol. The van der Waals surface area contributed by atoms with Crippen LogP contribution >= 0.6 is 11.8 Å². The van der Waals surface area contributed by atoms with Gasteiger partial charge in [-0.05, 0) is 43.9 Å². The van der Waals surface area contributed by atoms with Crippen LogP contribution in [-0.4, -0.2) is 37.6 Å². The summed E-state index contributed by atoms with van der Waals surface area (Å²) < 4.78 is 0. The van der Waals surface area contributed by atoms with Gasteiger partial charge in [0.1, 0.15) is 0 Å². The summed E-state index contributed by atoms with van der Waals surface area (Å²) in [5.41, 5.74) is -0.148. The molecule has 0 spiro atoms. The van der Waals surface area contributed by atoms with Crippen LogP contribution in [0.3, 0.4) is 0 Å². The first kappa shape index (κ1) is 13.8. The number of nitrogens with one attached hydrogen (secondary N) is 2. The minimum Gasteiger partial charge on any atom is -0.355 e. The minimum atomic E-state index is -0.148. The van der Waals surface area contributed by atoms with Gasteiger partial charge in [0, 0.05) is 12.0 Å². The van der Waals surface area contributed by atoms with Crippen molar-refractivity contribution in [2.45, 2.75) is 26.7 Å². The molecule has 3 nitrogen and oxygen atoms in total. The zero-order chi connectivity index (χ0) is 12.0. The second kappa shape index (κ2) is 6.50. The Bertz CT molecular complexity index is 227. The van der Waals surface area contributed by atoms with E-state index in [0.717, 1.165) is 38.2 Å². The molecule has 1 heterocycles. The van der Waals surface area contributed by atoms with E-state index in [1.165, 1.54) is 0 Å². The van der Waals surface area contributed by atoms with Crippen LogP contribution < -0.4 is 10.6 Å². The lowest BCUT2D eigenvalue weighted by atomic mass is 9.80. The maximum absolute atomic E-state index is 12.1. The predicted octanol–water partition coefficient (Wildman–Crippen LogP) is 1.49. The van der Waals surface area contributed by atoms with E-state index < -0.39 is 0 Å². The monoisotopic (exact) mass is 244 g/mol. The van der Waals surface area contributed by atoms with E-state index in [0.29, 0.717) is 5.92 Å². The van der Waals surface area contributed by atoms with Crippen LogP contribution in [0, 0.1) is 11.3 Å². The Morgan fingerprint density at radius 1 is 1.50 bits per heavy atom. The summed E-state index contributed by atoms with van der Waals surface area (Å²) in [6.07, 6.45) is 4.01. The van der Waals surface area contributed by atoms with Crippen LogP contribution in [0.4, 0.5) is 0 Å². The Kier molecular flexibility index (Phi) is 5.62. The van der Waals surface area contributed by atoms with E-state index in [-0.39, 0.29) is 11.3 Å². The van der Waals surface area contributed by atoms with Crippen molar-refractivity contribution in [2.24, 2.45) is 11.3 Å². The van der Waals surface area contributed by atoms with Gasteiger partial charge in [0.25, 0.3) is 0 Å². The number of hydrogen-bond acceptors (Lipinski definition) is 3. The molecule has 0 aromatic rings. The first-order valence-electron chi connectivity index (χ1n) is 6.06. The van der Waals surface area contributed by atoms with Crippen LogP contribution in [0.5, 0.6) is 0 Å². The van der Waals surface area contributed by atoms with E-state index in [4.69, 9.17) is 0 Å². The molecule has 1 amide bonds. The fourth-order valence-electron chi connectivity index (χ4n) is 2.03. The summed E-state index contributed by atoms with van der Waals surface area (Å²) >= 11 is 1.83. The van der Waals surface area contributed by atoms with E-state index >= 15 is 0 Å². The molecule has 0 aliphatic carbocycles. The summed E-state index contributed by atoms with van der Waals surface area (Å²) in [7, 11) is 0. The van der Waals surface area contributed by atoms with Gasteiger partial charge in [-0.2, -0.15) is 11.8 Å². The predicted molar refractivity (Wildman–Crippen MR) is 70.8 cm³/mol. The first-order chi connectivity index (χ1) is 7.58. The highest BCUT2D eigenvalue weighted by Gasteiger charge is 2.34. The Morgan fingerprint density at radius 2 is 2.12 bits per heavy atom. The van der Waals surface area contributed by atoms with Crippen molar-refractivity contribution in [3.8, 4) is 0 Å². The van der Waals surface area contributed by atoms with Gasteiger partial charge < -0.3 is 10.6 Å². The fraction of sp³-hybridized carbons (Fsp3) is 0.917. The molecule has 1 aliphatic rings. The van der Waals surface area contributed by atoms with Crippen molar-refractivity contribution in [1.29, 1.82) is 0 Å². The number of hydrogen-bond donors (Lipinski definition) is 2. The van der Waals surface area contributed by atoms with Crippen molar-refractivity contribution in [1.82, 2.24) is 10.6 Å². The molecule has 1 rings (SSSR count). The summed E-state index contributed by atoms with van der Waals surface area (Å²) in [4.78, 5) is 12.1. The normalized spacial score (nSPS) is 21.4. The minimum absolute atomic E-state index is 0.148. The van der Waals surface area contributed by atoms with Gasteiger partial charge in [0.2, 0.25) is 5.91 Å². The second-order valence-electron chi connectivity index (χ2n) is 5.08. The number of rotatable bonds is 5. The molecule has 0 radical (unpaired) electrons. The van der Waals surface area contributed by atoms with E-state index in [2.05, 4.69) is 30.7 Å². The van der Waals surface area contributed by atoms with Gasteiger partial charge in [0.15, 0.2) is 0 Å². The molecule has 2 N–H and O–H groups in total. The molecule has 16 heavy (non-hydrogen) atoms. The van der Waals surface area contributed by atoms with Crippen LogP contribution in [0.15, 0.2) is 0 Å². The van der Waals surface area contributed by atoms with Gasteiger partial charge in [-0.3, -0.25) is 4.79 Å². The van der Waals surface area contributed by atoms with Gasteiger partial charge in [-0.1, -0.05) is 13.8 Å². The molecule has 1 saturated heterocycles. The average molecular weight is 244 g/mol. The highest BCUT2D eigenvalue weighted by Crippen LogP contribution is 2.27. The molecule has 1 fully saturated rings. The lowest BCUT2D eigenvalue weighted by molar-refractivity contribution is -0.131. The summed E-state index contributed by atoms with van der Waals surface area (Å²) in [6, 6.07) is 0. The molecule has 0 aromatic carbocycles. The molecule has 4 heteroatoms. The number of carbonyl (C=O) groups excluding carboxylic acids is 1. The van der Waals surface area contributed by atoms with Crippen LogP contribution in [-0.2, 0) is 4.79 Å². The number of carbonyl (C=O) groups is 1. The number of piperidine rings is 1. The molecular formula is C12H24N2OS. The lowest BCUT2D eigenvalue weighted by Crippen LogP contribution is -2.46. The SMILES string of the molecule is CSCC(C)CNC(=O)C1(C)CCNCC1. The third kappa shape index (κ3) is 3.98. The van der Waals surface area contributed by atoms with Crippen molar-refractivity contribution in [2.75, 3.05) is 31.6 Å². The van der Waals surface area contributed by atoms with Gasteiger partial charge in [-0.25, -0.2) is 0 Å². The van der Waals surface area contributed by atoms with E-state index in [9.17, 15) is 4.79 Å². The molecule has 0 aromatic heterocycles. The van der Waals surface area contributed by atoms with Crippen molar-refractivity contribution >= 4 is 17.7 Å². The van der Waals surface area contributed by atoms with Crippen molar-refractivity contribution < 1.29 is 4.79 Å². The Balaban J connectivity index is 2.33. The van der Waals surface area contributed by atoms with Gasteiger partial charge >= 0.3 is 0 Å². The fourth-order valence-corrected chi connectivity index (χ4v) is 2.72. The summed E-state index contributed by atoms with van der Waals surface area (Å²) in [5.74, 6) is 1.91. The average Bonchev–Trinajstić information content (AvgIpc) is 2.27. The van der Waals surface area contributed by atoms with Crippen LogP contribution in [0.2, 0.25) is 0 Å². The van der Waals surface area contributed by atoms with Crippen LogP contribution in [0.25, 0.3) is 0 Å². The smallest absolute Gasteiger partial charge is 0.226 e. The molecule has 1 atom stereocenters. The molecule has 0 bridgehead atoms. The topological polar surface area (TPSA) is 41.1 Å². The zero-order valence-electron chi connectivity index (χ0n) is 10.6. The Hall–Kier alpha value is -0.220. The van der Waals surface area contributed by atoms with Crippen molar-refractivity contribution in [3.05, 3.63) is 0 Å². The number of thioether (sulfide) groups is 1.